The average molecular weight is 264 g/mol. The minimum atomic E-state index is 0.118. The van der Waals surface area contributed by atoms with E-state index in [-0.39, 0.29) is 5.54 Å². The summed E-state index contributed by atoms with van der Waals surface area (Å²) in [6.45, 7) is 12.7. The first kappa shape index (κ1) is 15.9. The van der Waals surface area contributed by atoms with E-state index in [4.69, 9.17) is 0 Å². The number of nitrogens with zero attached hydrogens (tertiary/aromatic N) is 3. The van der Waals surface area contributed by atoms with Crippen LogP contribution in [-0.4, -0.2) is 29.1 Å². The Kier molecular flexibility index (Phi) is 5.73. The molecule has 108 valence electrons. The normalized spacial score (nSPS) is 11.9. The number of rotatable bonds is 6. The van der Waals surface area contributed by atoms with Gasteiger partial charge in [-0.3, -0.25) is 0 Å². The van der Waals surface area contributed by atoms with Gasteiger partial charge >= 0.3 is 0 Å². The van der Waals surface area contributed by atoms with Gasteiger partial charge in [-0.2, -0.15) is 0 Å². The monoisotopic (exact) mass is 264 g/mol. The third-order valence-corrected chi connectivity index (χ3v) is 2.90. The van der Waals surface area contributed by atoms with E-state index in [0.29, 0.717) is 5.92 Å². The van der Waals surface area contributed by atoms with Crippen molar-refractivity contribution < 1.29 is 0 Å². The molecule has 0 aromatic carbocycles. The lowest BCUT2D eigenvalue weighted by Crippen LogP contribution is -2.35. The number of anilines is 1. The summed E-state index contributed by atoms with van der Waals surface area (Å²) in [5, 5.41) is 3.43. The van der Waals surface area contributed by atoms with Crippen LogP contribution >= 0.6 is 0 Å². The number of hydrogen-bond acceptors (Lipinski definition) is 4. The summed E-state index contributed by atoms with van der Waals surface area (Å²) >= 11 is 0. The molecule has 1 heterocycles. The second-order valence-corrected chi connectivity index (χ2v) is 6.60. The van der Waals surface area contributed by atoms with E-state index in [1.807, 2.05) is 19.4 Å². The summed E-state index contributed by atoms with van der Waals surface area (Å²) in [5.74, 6) is 1.51. The summed E-state index contributed by atoms with van der Waals surface area (Å²) in [6.07, 6.45) is 4.98. The van der Waals surface area contributed by atoms with Gasteiger partial charge in [0, 0.05) is 43.6 Å². The van der Waals surface area contributed by atoms with E-state index in [1.54, 1.807) is 0 Å². The Morgan fingerprint density at radius 3 is 2.26 bits per heavy atom. The van der Waals surface area contributed by atoms with Crippen LogP contribution in [-0.2, 0) is 6.54 Å². The minimum absolute atomic E-state index is 0.118. The molecule has 0 radical (unpaired) electrons. The summed E-state index contributed by atoms with van der Waals surface area (Å²) in [5.41, 5.74) is 1.24. The summed E-state index contributed by atoms with van der Waals surface area (Å²) in [6, 6.07) is 0. The van der Waals surface area contributed by atoms with Gasteiger partial charge in [0.15, 0.2) is 0 Å². The maximum absolute atomic E-state index is 4.43. The fourth-order valence-electron chi connectivity index (χ4n) is 1.56. The van der Waals surface area contributed by atoms with Crippen LogP contribution in [0.4, 0.5) is 5.95 Å². The largest absolute Gasteiger partial charge is 0.344 e. The highest BCUT2D eigenvalue weighted by atomic mass is 15.2. The van der Waals surface area contributed by atoms with Crippen molar-refractivity contribution in [3.63, 3.8) is 0 Å². The van der Waals surface area contributed by atoms with E-state index in [0.717, 1.165) is 31.0 Å². The second-order valence-electron chi connectivity index (χ2n) is 6.60. The van der Waals surface area contributed by atoms with Gasteiger partial charge in [-0.15, -0.1) is 0 Å². The third kappa shape index (κ3) is 6.53. The van der Waals surface area contributed by atoms with Gasteiger partial charge in [-0.25, -0.2) is 9.97 Å². The minimum Gasteiger partial charge on any atom is -0.344 e. The Bertz CT molecular complexity index is 365. The van der Waals surface area contributed by atoms with Gasteiger partial charge in [0.25, 0.3) is 0 Å². The molecule has 0 spiro atoms. The zero-order valence-electron chi connectivity index (χ0n) is 13.2. The molecule has 0 aliphatic heterocycles. The molecule has 1 aromatic rings. The Morgan fingerprint density at radius 1 is 1.21 bits per heavy atom. The molecule has 0 aliphatic rings. The predicted octanol–water partition coefficient (Wildman–Crippen LogP) is 2.85. The van der Waals surface area contributed by atoms with Crippen molar-refractivity contribution in [2.24, 2.45) is 5.92 Å². The first-order valence-corrected chi connectivity index (χ1v) is 7.05. The molecule has 1 aromatic heterocycles. The first-order chi connectivity index (χ1) is 8.78. The van der Waals surface area contributed by atoms with E-state index in [1.165, 1.54) is 0 Å². The lowest BCUT2D eigenvalue weighted by Gasteiger charge is -2.21. The zero-order valence-corrected chi connectivity index (χ0v) is 13.2. The number of hydrogen-bond donors (Lipinski definition) is 1. The van der Waals surface area contributed by atoms with Gasteiger partial charge in [0.05, 0.1) is 0 Å². The summed E-state index contributed by atoms with van der Waals surface area (Å²) < 4.78 is 0. The van der Waals surface area contributed by atoms with E-state index < -0.39 is 0 Å². The second kappa shape index (κ2) is 6.85. The molecule has 0 amide bonds. The van der Waals surface area contributed by atoms with Crippen LogP contribution in [0.1, 0.15) is 46.6 Å². The van der Waals surface area contributed by atoms with Crippen molar-refractivity contribution in [3.8, 4) is 0 Å². The Labute approximate surface area is 117 Å². The molecule has 4 heteroatoms. The van der Waals surface area contributed by atoms with Crippen LogP contribution in [0, 0.1) is 5.92 Å². The van der Waals surface area contributed by atoms with Crippen LogP contribution in [0.25, 0.3) is 0 Å². The molecule has 0 aliphatic carbocycles. The lowest BCUT2D eigenvalue weighted by atomic mass is 10.1. The molecule has 0 fully saturated rings. The molecule has 19 heavy (non-hydrogen) atoms. The van der Waals surface area contributed by atoms with Crippen molar-refractivity contribution >= 4 is 5.95 Å². The molecule has 0 saturated heterocycles. The molecular formula is C15H28N4. The molecule has 0 saturated carbocycles. The third-order valence-electron chi connectivity index (χ3n) is 2.90. The smallest absolute Gasteiger partial charge is 0.224 e. The lowest BCUT2D eigenvalue weighted by molar-refractivity contribution is 0.423. The van der Waals surface area contributed by atoms with Crippen molar-refractivity contribution in [1.29, 1.82) is 0 Å². The van der Waals surface area contributed by atoms with Gasteiger partial charge in [0.1, 0.15) is 0 Å². The quantitative estimate of drug-likeness (QED) is 0.858. The molecule has 0 bridgehead atoms. The van der Waals surface area contributed by atoms with Crippen molar-refractivity contribution in [1.82, 2.24) is 15.3 Å². The van der Waals surface area contributed by atoms with E-state index in [9.17, 15) is 0 Å². The number of aromatic nitrogens is 2. The maximum atomic E-state index is 4.43. The first-order valence-electron chi connectivity index (χ1n) is 7.05. The molecule has 0 atom stereocenters. The fourth-order valence-corrected chi connectivity index (χ4v) is 1.56. The van der Waals surface area contributed by atoms with Crippen LogP contribution in [0.15, 0.2) is 12.4 Å². The SMILES string of the molecule is CC(C)CCN(C)c1ncc(CNC(C)(C)C)cn1. The zero-order chi connectivity index (χ0) is 14.5. The molecule has 0 unspecified atom stereocenters. The van der Waals surface area contributed by atoms with Crippen molar-refractivity contribution in [2.75, 3.05) is 18.5 Å². The van der Waals surface area contributed by atoms with Gasteiger partial charge in [-0.1, -0.05) is 13.8 Å². The van der Waals surface area contributed by atoms with Crippen molar-refractivity contribution in [2.45, 2.75) is 53.1 Å². The Hall–Kier alpha value is -1.16. The van der Waals surface area contributed by atoms with Crippen LogP contribution in [0.5, 0.6) is 0 Å². The van der Waals surface area contributed by atoms with Gasteiger partial charge in [-0.05, 0) is 33.1 Å². The highest BCUT2D eigenvalue weighted by Crippen LogP contribution is 2.09. The fraction of sp³-hybridized carbons (Fsp3) is 0.733. The number of nitrogens with one attached hydrogen (secondary N) is 1. The van der Waals surface area contributed by atoms with Crippen LogP contribution < -0.4 is 10.2 Å². The standard InChI is InChI=1S/C15H28N4/c1-12(2)7-8-19(6)14-16-9-13(10-17-14)11-18-15(3,4)5/h9-10,12,18H,7-8,11H2,1-6H3. The maximum Gasteiger partial charge on any atom is 0.224 e. The molecule has 1 rings (SSSR count). The Balaban J connectivity index is 2.51. The van der Waals surface area contributed by atoms with Crippen LogP contribution in [0.3, 0.4) is 0 Å². The summed E-state index contributed by atoms with van der Waals surface area (Å²) in [4.78, 5) is 11.0. The Morgan fingerprint density at radius 2 is 1.79 bits per heavy atom. The van der Waals surface area contributed by atoms with Crippen LogP contribution in [0.2, 0.25) is 0 Å². The predicted molar refractivity (Wildman–Crippen MR) is 81.3 cm³/mol. The van der Waals surface area contributed by atoms with Gasteiger partial charge < -0.3 is 10.2 Å². The highest BCUT2D eigenvalue weighted by Gasteiger charge is 2.09. The molecular weight excluding hydrogens is 236 g/mol. The molecule has 4 nitrogen and oxygen atoms in total. The van der Waals surface area contributed by atoms with E-state index >= 15 is 0 Å². The van der Waals surface area contributed by atoms with Crippen molar-refractivity contribution in [3.05, 3.63) is 18.0 Å². The molecule has 1 N–H and O–H groups in total. The van der Waals surface area contributed by atoms with E-state index in [2.05, 4.69) is 54.8 Å². The summed E-state index contributed by atoms with van der Waals surface area (Å²) in [7, 11) is 2.05. The average Bonchev–Trinajstić information content (AvgIpc) is 2.33. The highest BCUT2D eigenvalue weighted by molar-refractivity contribution is 5.28. The van der Waals surface area contributed by atoms with Gasteiger partial charge in [0.2, 0.25) is 5.95 Å². The topological polar surface area (TPSA) is 41.1 Å².